The molecule has 0 amide bonds. The topological polar surface area (TPSA) is 94.9 Å². The predicted octanol–water partition coefficient (Wildman–Crippen LogP) is -1.06. The van der Waals surface area contributed by atoms with E-state index in [4.69, 9.17) is 10.2 Å². The maximum atomic E-state index is 11.3. The normalized spacial score (nSPS) is 23.8. The van der Waals surface area contributed by atoms with Crippen LogP contribution in [-0.4, -0.2) is 66.7 Å². The summed E-state index contributed by atoms with van der Waals surface area (Å²) in [5.74, 6) is -0.805. The summed E-state index contributed by atoms with van der Waals surface area (Å²) in [7, 11) is -3.00. The Labute approximate surface area is 94.8 Å². The maximum Gasteiger partial charge on any atom is 0.317 e. The van der Waals surface area contributed by atoms with E-state index in [1.54, 1.807) is 4.90 Å². The fourth-order valence-corrected chi connectivity index (χ4v) is 3.66. The summed E-state index contributed by atoms with van der Waals surface area (Å²) in [5, 5.41) is 17.4. The average molecular weight is 251 g/mol. The van der Waals surface area contributed by atoms with Crippen molar-refractivity contribution in [2.24, 2.45) is 0 Å². The summed E-state index contributed by atoms with van der Waals surface area (Å²) in [6.07, 6.45) is 0.949. The van der Waals surface area contributed by atoms with Gasteiger partial charge in [0.15, 0.2) is 9.84 Å². The van der Waals surface area contributed by atoms with Crippen LogP contribution >= 0.6 is 0 Å². The van der Waals surface area contributed by atoms with Crippen LogP contribution in [0.2, 0.25) is 0 Å². The number of carboxylic acids is 1. The average Bonchev–Trinajstić information content (AvgIpc) is 2.52. The van der Waals surface area contributed by atoms with Crippen molar-refractivity contribution in [1.29, 1.82) is 0 Å². The standard InChI is InChI=1S/C9H17NO5S/c11-4-1-3-10(6-9(12)13)8-2-5-16(14,15)7-8/h8,11H,1-7H2,(H,12,13). The van der Waals surface area contributed by atoms with Crippen LogP contribution in [0.4, 0.5) is 0 Å². The van der Waals surface area contributed by atoms with Gasteiger partial charge >= 0.3 is 5.97 Å². The second-order valence-electron chi connectivity index (χ2n) is 4.00. The third-order valence-electron chi connectivity index (χ3n) is 2.67. The highest BCUT2D eigenvalue weighted by atomic mass is 32.2. The molecule has 1 aliphatic rings. The molecule has 0 aromatic rings. The van der Waals surface area contributed by atoms with Crippen LogP contribution in [-0.2, 0) is 14.6 Å². The number of sulfone groups is 1. The second kappa shape index (κ2) is 5.60. The zero-order valence-electron chi connectivity index (χ0n) is 9.00. The number of aliphatic hydroxyl groups is 1. The van der Waals surface area contributed by atoms with Crippen molar-refractivity contribution in [3.63, 3.8) is 0 Å². The van der Waals surface area contributed by atoms with Crippen LogP contribution in [0.1, 0.15) is 12.8 Å². The molecule has 0 saturated carbocycles. The molecule has 1 fully saturated rings. The SMILES string of the molecule is O=C(O)CN(CCCO)C1CCS(=O)(=O)C1. The van der Waals surface area contributed by atoms with Crippen LogP contribution in [0, 0.1) is 0 Å². The lowest BCUT2D eigenvalue weighted by Gasteiger charge is -2.25. The first-order chi connectivity index (χ1) is 7.44. The van der Waals surface area contributed by atoms with Crippen molar-refractivity contribution in [3.05, 3.63) is 0 Å². The first kappa shape index (κ1) is 13.4. The second-order valence-corrected chi connectivity index (χ2v) is 6.23. The minimum Gasteiger partial charge on any atom is -0.480 e. The van der Waals surface area contributed by atoms with E-state index in [9.17, 15) is 13.2 Å². The van der Waals surface area contributed by atoms with Gasteiger partial charge in [-0.2, -0.15) is 0 Å². The fraction of sp³-hybridized carbons (Fsp3) is 0.889. The molecule has 7 heteroatoms. The van der Waals surface area contributed by atoms with Gasteiger partial charge in [-0.3, -0.25) is 9.69 Å². The minimum absolute atomic E-state index is 0.0183. The van der Waals surface area contributed by atoms with Gasteiger partial charge in [0.2, 0.25) is 0 Å². The Balaban J connectivity index is 2.58. The maximum absolute atomic E-state index is 11.3. The lowest BCUT2D eigenvalue weighted by Crippen LogP contribution is -2.40. The number of hydrogen-bond donors (Lipinski definition) is 2. The van der Waals surface area contributed by atoms with Crippen molar-refractivity contribution >= 4 is 15.8 Å². The third kappa shape index (κ3) is 4.07. The largest absolute Gasteiger partial charge is 0.480 e. The van der Waals surface area contributed by atoms with Crippen LogP contribution in [0.5, 0.6) is 0 Å². The van der Waals surface area contributed by atoms with Crippen LogP contribution in [0.3, 0.4) is 0 Å². The molecule has 16 heavy (non-hydrogen) atoms. The van der Waals surface area contributed by atoms with Crippen molar-refractivity contribution in [2.75, 3.05) is 31.2 Å². The molecule has 0 radical (unpaired) electrons. The number of carboxylic acid groups (broad SMARTS) is 1. The van der Waals surface area contributed by atoms with Crippen LogP contribution in [0.25, 0.3) is 0 Å². The van der Waals surface area contributed by atoms with Gasteiger partial charge in [0.05, 0.1) is 18.1 Å². The highest BCUT2D eigenvalue weighted by Gasteiger charge is 2.32. The van der Waals surface area contributed by atoms with Crippen molar-refractivity contribution < 1.29 is 23.4 Å². The Kier molecular flexibility index (Phi) is 4.69. The van der Waals surface area contributed by atoms with E-state index >= 15 is 0 Å². The smallest absolute Gasteiger partial charge is 0.317 e. The molecule has 0 spiro atoms. The molecule has 0 aromatic heterocycles. The summed E-state index contributed by atoms with van der Waals surface area (Å²) >= 11 is 0. The predicted molar refractivity (Wildman–Crippen MR) is 58.0 cm³/mol. The molecule has 1 rings (SSSR count). The zero-order chi connectivity index (χ0) is 12.2. The summed E-state index contributed by atoms with van der Waals surface area (Å²) in [6, 6.07) is -0.215. The number of carbonyl (C=O) groups is 1. The minimum atomic E-state index is -3.00. The van der Waals surface area contributed by atoms with E-state index < -0.39 is 15.8 Å². The van der Waals surface area contributed by atoms with Crippen LogP contribution in [0.15, 0.2) is 0 Å². The van der Waals surface area contributed by atoms with Crippen molar-refractivity contribution in [3.8, 4) is 0 Å². The van der Waals surface area contributed by atoms with Gasteiger partial charge in [0, 0.05) is 19.2 Å². The van der Waals surface area contributed by atoms with Gasteiger partial charge in [-0.25, -0.2) is 8.42 Å². The number of aliphatic hydroxyl groups excluding tert-OH is 1. The Morgan fingerprint density at radius 2 is 2.12 bits per heavy atom. The number of hydrogen-bond acceptors (Lipinski definition) is 5. The first-order valence-electron chi connectivity index (χ1n) is 5.22. The first-order valence-corrected chi connectivity index (χ1v) is 7.04. The Morgan fingerprint density at radius 1 is 1.44 bits per heavy atom. The molecule has 2 N–H and O–H groups in total. The third-order valence-corrected chi connectivity index (χ3v) is 4.42. The molecule has 1 atom stereocenters. The van der Waals surface area contributed by atoms with Gasteiger partial charge in [-0.1, -0.05) is 0 Å². The Bertz CT molecular complexity index is 340. The molecule has 0 bridgehead atoms. The van der Waals surface area contributed by atoms with E-state index in [2.05, 4.69) is 0 Å². The number of nitrogens with zero attached hydrogens (tertiary/aromatic N) is 1. The monoisotopic (exact) mass is 251 g/mol. The lowest BCUT2D eigenvalue weighted by atomic mass is 10.2. The van der Waals surface area contributed by atoms with Gasteiger partial charge in [-0.15, -0.1) is 0 Å². The number of aliphatic carboxylic acids is 1. The molecule has 0 aliphatic carbocycles. The molecule has 0 aromatic carbocycles. The number of rotatable bonds is 6. The Morgan fingerprint density at radius 3 is 2.56 bits per heavy atom. The molecule has 94 valence electrons. The van der Waals surface area contributed by atoms with Gasteiger partial charge < -0.3 is 10.2 Å². The molecule has 1 heterocycles. The van der Waals surface area contributed by atoms with E-state index in [0.29, 0.717) is 19.4 Å². The quantitative estimate of drug-likeness (QED) is 0.625. The highest BCUT2D eigenvalue weighted by molar-refractivity contribution is 7.91. The van der Waals surface area contributed by atoms with E-state index in [-0.39, 0.29) is 30.7 Å². The highest BCUT2D eigenvalue weighted by Crippen LogP contribution is 2.17. The van der Waals surface area contributed by atoms with E-state index in [0.717, 1.165) is 0 Å². The van der Waals surface area contributed by atoms with Crippen molar-refractivity contribution in [1.82, 2.24) is 4.90 Å². The van der Waals surface area contributed by atoms with Crippen molar-refractivity contribution in [2.45, 2.75) is 18.9 Å². The summed E-state index contributed by atoms with van der Waals surface area (Å²) in [5.41, 5.74) is 0. The molecule has 1 unspecified atom stereocenters. The molecular formula is C9H17NO5S. The molecule has 6 nitrogen and oxygen atoms in total. The van der Waals surface area contributed by atoms with E-state index in [1.165, 1.54) is 0 Å². The molecular weight excluding hydrogens is 234 g/mol. The van der Waals surface area contributed by atoms with E-state index in [1.807, 2.05) is 0 Å². The Hall–Kier alpha value is -0.660. The van der Waals surface area contributed by atoms with Gasteiger partial charge in [0.1, 0.15) is 0 Å². The fourth-order valence-electron chi connectivity index (χ4n) is 1.90. The molecule has 1 saturated heterocycles. The summed E-state index contributed by atoms with van der Waals surface area (Å²) in [4.78, 5) is 12.3. The van der Waals surface area contributed by atoms with Gasteiger partial charge in [0.25, 0.3) is 0 Å². The van der Waals surface area contributed by atoms with Gasteiger partial charge in [-0.05, 0) is 12.8 Å². The summed E-state index contributed by atoms with van der Waals surface area (Å²) in [6.45, 7) is 0.235. The molecule has 1 aliphatic heterocycles. The lowest BCUT2D eigenvalue weighted by molar-refractivity contribution is -0.138. The van der Waals surface area contributed by atoms with Crippen LogP contribution < -0.4 is 0 Å². The summed E-state index contributed by atoms with van der Waals surface area (Å²) < 4.78 is 22.6. The zero-order valence-corrected chi connectivity index (χ0v) is 9.82.